The predicted molar refractivity (Wildman–Crippen MR) is 58.3 cm³/mol. The van der Waals surface area contributed by atoms with E-state index >= 15 is 0 Å². The van der Waals surface area contributed by atoms with Crippen LogP contribution in [0.15, 0.2) is 18.2 Å². The second kappa shape index (κ2) is 3.46. The van der Waals surface area contributed by atoms with Crippen molar-refractivity contribution < 1.29 is 9.84 Å². The molecule has 1 N–H and O–H groups in total. The van der Waals surface area contributed by atoms with Crippen LogP contribution in [0.5, 0.6) is 11.8 Å². The Hall–Kier alpha value is -1.71. The second-order valence-electron chi connectivity index (χ2n) is 3.74. The van der Waals surface area contributed by atoms with Crippen LogP contribution in [0.25, 0.3) is 11.0 Å². The number of fused-ring (bicyclic) bond motifs is 1. The fraction of sp³-hybridized carbons (Fsp3) is 0.364. The smallest absolute Gasteiger partial charge is 0.297 e. The third kappa shape index (κ3) is 1.52. The molecule has 0 unspecified atom stereocenters. The Balaban J connectivity index is 2.76. The normalized spacial score (nSPS) is 11.2. The van der Waals surface area contributed by atoms with E-state index in [1.807, 2.05) is 18.4 Å². The molecule has 15 heavy (non-hydrogen) atoms. The van der Waals surface area contributed by atoms with Crippen molar-refractivity contribution >= 4 is 11.0 Å². The predicted octanol–water partition coefficient (Wildman–Crippen LogP) is 2.33. The number of nitrogens with zero attached hydrogens (tertiary/aromatic N) is 2. The minimum atomic E-state index is 0.242. The van der Waals surface area contributed by atoms with Gasteiger partial charge in [0.25, 0.3) is 6.01 Å². The van der Waals surface area contributed by atoms with Gasteiger partial charge in [0, 0.05) is 12.1 Å². The Morgan fingerprint density at radius 3 is 2.73 bits per heavy atom. The first-order chi connectivity index (χ1) is 7.13. The number of imidazole rings is 1. The van der Waals surface area contributed by atoms with Crippen molar-refractivity contribution in [3.8, 4) is 11.8 Å². The molecular formula is C11H14N2O2. The fourth-order valence-corrected chi connectivity index (χ4v) is 1.70. The highest BCUT2D eigenvalue weighted by Crippen LogP contribution is 2.27. The molecule has 0 aliphatic heterocycles. The van der Waals surface area contributed by atoms with Gasteiger partial charge in [0.05, 0.1) is 18.1 Å². The first-order valence-corrected chi connectivity index (χ1v) is 4.88. The third-order valence-electron chi connectivity index (χ3n) is 2.34. The number of phenolic OH excluding ortho intramolecular Hbond substituents is 1. The molecule has 80 valence electrons. The highest BCUT2D eigenvalue weighted by molar-refractivity contribution is 5.78. The maximum atomic E-state index is 9.44. The number of rotatable bonds is 2. The fourth-order valence-electron chi connectivity index (χ4n) is 1.70. The van der Waals surface area contributed by atoms with Crippen molar-refractivity contribution in [2.45, 2.75) is 19.9 Å². The van der Waals surface area contributed by atoms with Crippen LogP contribution < -0.4 is 4.74 Å². The van der Waals surface area contributed by atoms with E-state index in [0.717, 1.165) is 11.0 Å². The molecule has 0 fully saturated rings. The maximum Gasteiger partial charge on any atom is 0.297 e. The largest absolute Gasteiger partial charge is 0.508 e. The lowest BCUT2D eigenvalue weighted by molar-refractivity contribution is 0.350. The molecule has 0 radical (unpaired) electrons. The lowest BCUT2D eigenvalue weighted by Gasteiger charge is -2.11. The zero-order valence-corrected chi connectivity index (χ0v) is 9.06. The summed E-state index contributed by atoms with van der Waals surface area (Å²) in [6, 6.07) is 5.92. The summed E-state index contributed by atoms with van der Waals surface area (Å²) >= 11 is 0. The van der Waals surface area contributed by atoms with Gasteiger partial charge in [-0.05, 0) is 26.0 Å². The van der Waals surface area contributed by atoms with Gasteiger partial charge in [-0.25, -0.2) is 0 Å². The number of ether oxygens (including phenoxy) is 1. The molecule has 0 amide bonds. The number of hydrogen-bond acceptors (Lipinski definition) is 3. The quantitative estimate of drug-likeness (QED) is 0.820. The Labute approximate surface area is 88.1 Å². The number of benzene rings is 1. The van der Waals surface area contributed by atoms with E-state index in [9.17, 15) is 5.11 Å². The number of methoxy groups -OCH3 is 1. The summed E-state index contributed by atoms with van der Waals surface area (Å²) in [7, 11) is 1.60. The number of phenols is 1. The van der Waals surface area contributed by atoms with Crippen molar-refractivity contribution in [2.75, 3.05) is 7.11 Å². The summed E-state index contributed by atoms with van der Waals surface area (Å²) in [6.45, 7) is 4.10. The molecule has 1 aromatic carbocycles. The van der Waals surface area contributed by atoms with Crippen molar-refractivity contribution in [1.82, 2.24) is 9.55 Å². The molecule has 2 rings (SSSR count). The van der Waals surface area contributed by atoms with Gasteiger partial charge in [-0.1, -0.05) is 0 Å². The van der Waals surface area contributed by atoms with E-state index in [1.54, 1.807) is 25.3 Å². The van der Waals surface area contributed by atoms with Crippen LogP contribution in [0.3, 0.4) is 0 Å². The number of aromatic nitrogens is 2. The van der Waals surface area contributed by atoms with Gasteiger partial charge in [-0.2, -0.15) is 4.98 Å². The third-order valence-corrected chi connectivity index (χ3v) is 2.34. The first-order valence-electron chi connectivity index (χ1n) is 4.88. The molecule has 0 saturated carbocycles. The SMILES string of the molecule is COc1nc2ccc(O)cc2n1C(C)C. The van der Waals surface area contributed by atoms with Gasteiger partial charge in [0.1, 0.15) is 5.75 Å². The molecule has 4 heteroatoms. The minimum absolute atomic E-state index is 0.242. The molecule has 0 atom stereocenters. The zero-order valence-electron chi connectivity index (χ0n) is 9.06. The molecule has 0 spiro atoms. The van der Waals surface area contributed by atoms with Crippen molar-refractivity contribution in [3.05, 3.63) is 18.2 Å². The highest BCUT2D eigenvalue weighted by Gasteiger charge is 2.13. The molecule has 2 aromatic rings. The lowest BCUT2D eigenvalue weighted by atomic mass is 10.3. The van der Waals surface area contributed by atoms with E-state index in [2.05, 4.69) is 4.98 Å². The van der Waals surface area contributed by atoms with E-state index in [4.69, 9.17) is 4.74 Å². The second-order valence-corrected chi connectivity index (χ2v) is 3.74. The van der Waals surface area contributed by atoms with Crippen molar-refractivity contribution in [2.24, 2.45) is 0 Å². The molecule has 0 aliphatic carbocycles. The molecule has 0 bridgehead atoms. The molecule has 4 nitrogen and oxygen atoms in total. The standard InChI is InChI=1S/C11H14N2O2/c1-7(2)13-10-6-8(14)4-5-9(10)12-11(13)15-3/h4-7,14H,1-3H3. The zero-order chi connectivity index (χ0) is 11.0. The van der Waals surface area contributed by atoms with E-state index < -0.39 is 0 Å². The van der Waals surface area contributed by atoms with Crippen LogP contribution in [-0.2, 0) is 0 Å². The van der Waals surface area contributed by atoms with Gasteiger partial charge < -0.3 is 9.84 Å². The van der Waals surface area contributed by atoms with Gasteiger partial charge in [0.2, 0.25) is 0 Å². The van der Waals surface area contributed by atoms with Gasteiger partial charge in [-0.3, -0.25) is 4.57 Å². The van der Waals surface area contributed by atoms with Gasteiger partial charge in [0.15, 0.2) is 0 Å². The summed E-state index contributed by atoms with van der Waals surface area (Å²) in [4.78, 5) is 4.32. The van der Waals surface area contributed by atoms with Crippen LogP contribution in [0.1, 0.15) is 19.9 Å². The average molecular weight is 206 g/mol. The van der Waals surface area contributed by atoms with Gasteiger partial charge in [-0.15, -0.1) is 0 Å². The van der Waals surface area contributed by atoms with Crippen LogP contribution in [0.4, 0.5) is 0 Å². The summed E-state index contributed by atoms with van der Waals surface area (Å²) in [5.41, 5.74) is 1.72. The van der Waals surface area contributed by atoms with Crippen LogP contribution in [0.2, 0.25) is 0 Å². The summed E-state index contributed by atoms with van der Waals surface area (Å²) in [5.74, 6) is 0.243. The van der Waals surface area contributed by atoms with E-state index in [0.29, 0.717) is 6.01 Å². The Morgan fingerprint density at radius 1 is 1.40 bits per heavy atom. The van der Waals surface area contributed by atoms with Crippen LogP contribution in [-0.4, -0.2) is 21.8 Å². The van der Waals surface area contributed by atoms with Crippen molar-refractivity contribution in [3.63, 3.8) is 0 Å². The topological polar surface area (TPSA) is 47.3 Å². The Bertz CT molecular complexity index is 489. The Morgan fingerprint density at radius 2 is 2.13 bits per heavy atom. The van der Waals surface area contributed by atoms with Crippen LogP contribution in [0, 0.1) is 0 Å². The lowest BCUT2D eigenvalue weighted by Crippen LogP contribution is -2.03. The molecule has 1 aromatic heterocycles. The molecule has 0 saturated heterocycles. The van der Waals surface area contributed by atoms with E-state index in [-0.39, 0.29) is 11.8 Å². The molecular weight excluding hydrogens is 192 g/mol. The number of hydrogen-bond donors (Lipinski definition) is 1. The maximum absolute atomic E-state index is 9.44. The first kappa shape index (κ1) is 9.83. The van der Waals surface area contributed by atoms with Crippen molar-refractivity contribution in [1.29, 1.82) is 0 Å². The monoisotopic (exact) mass is 206 g/mol. The van der Waals surface area contributed by atoms with Crippen LogP contribution >= 0.6 is 0 Å². The summed E-state index contributed by atoms with van der Waals surface area (Å²) < 4.78 is 7.16. The Kier molecular flexibility index (Phi) is 2.26. The average Bonchev–Trinajstić information content (AvgIpc) is 2.55. The molecule has 0 aliphatic rings. The van der Waals surface area contributed by atoms with E-state index in [1.165, 1.54) is 0 Å². The number of aromatic hydroxyl groups is 1. The molecule has 1 heterocycles. The van der Waals surface area contributed by atoms with Gasteiger partial charge >= 0.3 is 0 Å². The summed E-state index contributed by atoms with van der Waals surface area (Å²) in [5, 5.41) is 9.44. The highest BCUT2D eigenvalue weighted by atomic mass is 16.5. The summed E-state index contributed by atoms with van der Waals surface area (Å²) in [6.07, 6.45) is 0. The minimum Gasteiger partial charge on any atom is -0.508 e.